The third-order valence-electron chi connectivity index (χ3n) is 5.14. The van der Waals surface area contributed by atoms with Crippen molar-refractivity contribution in [2.75, 3.05) is 0 Å². The summed E-state index contributed by atoms with van der Waals surface area (Å²) in [7, 11) is 0. The molecule has 0 saturated carbocycles. The van der Waals surface area contributed by atoms with Crippen LogP contribution in [0.4, 0.5) is 0 Å². The van der Waals surface area contributed by atoms with Gasteiger partial charge in [0.25, 0.3) is 5.56 Å². The summed E-state index contributed by atoms with van der Waals surface area (Å²) in [5.41, 5.74) is 3.33. The number of aromatic nitrogens is 4. The Bertz CT molecular complexity index is 1430. The molecule has 158 valence electrons. The largest absolute Gasteiger partial charge is 0.441 e. The zero-order valence-corrected chi connectivity index (χ0v) is 18.2. The molecule has 0 saturated heterocycles. The summed E-state index contributed by atoms with van der Waals surface area (Å²) in [6, 6.07) is 21.1. The Balaban J connectivity index is 1.49. The minimum atomic E-state index is -0.0659. The van der Waals surface area contributed by atoms with E-state index in [1.54, 1.807) is 17.0 Å². The van der Waals surface area contributed by atoms with Crippen molar-refractivity contribution in [3.8, 4) is 11.5 Å². The lowest BCUT2D eigenvalue weighted by Gasteiger charge is -2.12. The normalized spacial score (nSPS) is 11.2. The topological polar surface area (TPSA) is 73.8 Å². The van der Waals surface area contributed by atoms with Crippen molar-refractivity contribution >= 4 is 22.7 Å². The van der Waals surface area contributed by atoms with E-state index in [0.717, 1.165) is 22.6 Å². The van der Waals surface area contributed by atoms with Crippen molar-refractivity contribution in [2.45, 2.75) is 24.4 Å². The fourth-order valence-corrected chi connectivity index (χ4v) is 4.47. The molecule has 0 radical (unpaired) electrons. The summed E-state index contributed by atoms with van der Waals surface area (Å²) in [5.74, 6) is 1.90. The molecule has 0 aliphatic rings. The maximum atomic E-state index is 13.3. The van der Waals surface area contributed by atoms with E-state index in [9.17, 15) is 4.79 Å². The number of thioether (sulfide) groups is 1. The van der Waals surface area contributed by atoms with Gasteiger partial charge in [-0.05, 0) is 42.8 Å². The van der Waals surface area contributed by atoms with Gasteiger partial charge in [0.15, 0.2) is 5.16 Å². The van der Waals surface area contributed by atoms with E-state index < -0.39 is 0 Å². The van der Waals surface area contributed by atoms with Crippen LogP contribution in [0.25, 0.3) is 22.4 Å². The number of para-hydroxylation sites is 1. The van der Waals surface area contributed by atoms with Crippen LogP contribution in [0.2, 0.25) is 0 Å². The van der Waals surface area contributed by atoms with E-state index in [2.05, 4.69) is 9.97 Å². The zero-order valence-electron chi connectivity index (χ0n) is 17.4. The Labute approximate surface area is 189 Å². The predicted molar refractivity (Wildman–Crippen MR) is 126 cm³/mol. The van der Waals surface area contributed by atoms with Gasteiger partial charge >= 0.3 is 0 Å². The van der Waals surface area contributed by atoms with Crippen molar-refractivity contribution in [1.82, 2.24) is 19.5 Å². The molecular weight excluding hydrogens is 420 g/mol. The van der Waals surface area contributed by atoms with Crippen molar-refractivity contribution in [1.29, 1.82) is 0 Å². The summed E-state index contributed by atoms with van der Waals surface area (Å²) in [4.78, 5) is 26.9. The molecule has 0 spiro atoms. The Hall–Kier alpha value is -3.71. The number of oxazole rings is 1. The molecular formula is C25H20N4O2S. The Morgan fingerprint density at radius 1 is 0.969 bits per heavy atom. The number of benzene rings is 2. The lowest BCUT2D eigenvalue weighted by Crippen LogP contribution is -2.24. The van der Waals surface area contributed by atoms with Gasteiger partial charge in [0.2, 0.25) is 5.89 Å². The zero-order chi connectivity index (χ0) is 21.9. The Morgan fingerprint density at radius 3 is 2.59 bits per heavy atom. The van der Waals surface area contributed by atoms with E-state index in [4.69, 9.17) is 9.40 Å². The maximum Gasteiger partial charge on any atom is 0.262 e. The number of hydrogen-bond donors (Lipinski definition) is 0. The Morgan fingerprint density at radius 2 is 1.78 bits per heavy atom. The third-order valence-corrected chi connectivity index (χ3v) is 6.13. The van der Waals surface area contributed by atoms with Gasteiger partial charge in [0.1, 0.15) is 5.76 Å². The van der Waals surface area contributed by atoms with Gasteiger partial charge in [-0.15, -0.1) is 0 Å². The predicted octanol–water partition coefficient (Wildman–Crippen LogP) is 5.10. The van der Waals surface area contributed by atoms with Crippen LogP contribution in [0.3, 0.4) is 0 Å². The lowest BCUT2D eigenvalue weighted by atomic mass is 10.2. The molecule has 0 aliphatic carbocycles. The molecule has 0 N–H and O–H groups in total. The van der Waals surface area contributed by atoms with Crippen LogP contribution in [0, 0.1) is 6.92 Å². The fraction of sp³-hybridized carbons (Fsp3) is 0.120. The second-order valence-electron chi connectivity index (χ2n) is 7.34. The SMILES string of the molecule is Cc1oc(-c2ccccc2)nc1CSc1nc2ccccc2c(=O)n1Cc1cccnc1. The Kier molecular flexibility index (Phi) is 5.56. The first-order valence-corrected chi connectivity index (χ1v) is 11.2. The maximum absolute atomic E-state index is 13.3. The lowest BCUT2D eigenvalue weighted by molar-refractivity contribution is 0.540. The highest BCUT2D eigenvalue weighted by Gasteiger charge is 2.16. The van der Waals surface area contributed by atoms with Gasteiger partial charge in [0.05, 0.1) is 23.1 Å². The van der Waals surface area contributed by atoms with E-state index >= 15 is 0 Å². The molecule has 7 heteroatoms. The van der Waals surface area contributed by atoms with Crippen molar-refractivity contribution < 1.29 is 4.42 Å². The highest BCUT2D eigenvalue weighted by atomic mass is 32.2. The monoisotopic (exact) mass is 440 g/mol. The van der Waals surface area contributed by atoms with Crippen LogP contribution in [-0.4, -0.2) is 19.5 Å². The first kappa shape index (κ1) is 20.2. The summed E-state index contributed by atoms with van der Waals surface area (Å²) >= 11 is 1.48. The molecule has 3 aromatic heterocycles. The number of hydrogen-bond acceptors (Lipinski definition) is 6. The van der Waals surface area contributed by atoms with Crippen LogP contribution >= 0.6 is 11.8 Å². The quantitative estimate of drug-likeness (QED) is 0.270. The summed E-state index contributed by atoms with van der Waals surface area (Å²) < 4.78 is 7.59. The first-order chi connectivity index (χ1) is 15.7. The van der Waals surface area contributed by atoms with Crippen LogP contribution in [0.15, 0.2) is 93.5 Å². The molecule has 5 rings (SSSR count). The standard InChI is InChI=1S/C25H20N4O2S/c1-17-22(27-23(31-17)19-9-3-2-4-10-19)16-32-25-28-21-12-6-5-11-20(21)24(30)29(25)15-18-8-7-13-26-14-18/h2-14H,15-16H2,1H3. The number of aryl methyl sites for hydroxylation is 1. The van der Waals surface area contributed by atoms with Crippen molar-refractivity contribution in [3.05, 3.63) is 106 Å². The molecule has 0 atom stereocenters. The van der Waals surface area contributed by atoms with Crippen LogP contribution < -0.4 is 5.56 Å². The van der Waals surface area contributed by atoms with Crippen LogP contribution in [-0.2, 0) is 12.3 Å². The van der Waals surface area contributed by atoms with Gasteiger partial charge in [-0.1, -0.05) is 48.2 Å². The molecule has 0 amide bonds. The number of rotatable bonds is 6. The number of fused-ring (bicyclic) bond motifs is 1. The van der Waals surface area contributed by atoms with Gasteiger partial charge in [-0.25, -0.2) is 9.97 Å². The van der Waals surface area contributed by atoms with Crippen molar-refractivity contribution in [3.63, 3.8) is 0 Å². The van der Waals surface area contributed by atoms with Crippen molar-refractivity contribution in [2.24, 2.45) is 0 Å². The van der Waals surface area contributed by atoms with Gasteiger partial charge in [0, 0.05) is 23.7 Å². The highest BCUT2D eigenvalue weighted by Crippen LogP contribution is 2.27. The second kappa shape index (κ2) is 8.80. The van der Waals surface area contributed by atoms with Crippen LogP contribution in [0.5, 0.6) is 0 Å². The average molecular weight is 441 g/mol. The molecule has 0 aliphatic heterocycles. The van der Waals surface area contributed by atoms with E-state index in [-0.39, 0.29) is 5.56 Å². The highest BCUT2D eigenvalue weighted by molar-refractivity contribution is 7.98. The number of nitrogens with zero attached hydrogens (tertiary/aromatic N) is 4. The first-order valence-electron chi connectivity index (χ1n) is 10.2. The third kappa shape index (κ3) is 4.07. The molecule has 6 nitrogen and oxygen atoms in total. The minimum absolute atomic E-state index is 0.0659. The van der Waals surface area contributed by atoms with E-state index in [0.29, 0.717) is 34.2 Å². The average Bonchev–Trinajstić information content (AvgIpc) is 3.21. The van der Waals surface area contributed by atoms with Gasteiger partial charge < -0.3 is 4.42 Å². The van der Waals surface area contributed by atoms with Gasteiger partial charge in [-0.3, -0.25) is 14.3 Å². The summed E-state index contributed by atoms with van der Waals surface area (Å²) in [6.45, 7) is 2.31. The summed E-state index contributed by atoms with van der Waals surface area (Å²) in [6.07, 6.45) is 3.49. The molecule has 32 heavy (non-hydrogen) atoms. The molecule has 3 heterocycles. The minimum Gasteiger partial charge on any atom is -0.441 e. The second-order valence-corrected chi connectivity index (χ2v) is 8.28. The van der Waals surface area contributed by atoms with Crippen LogP contribution in [0.1, 0.15) is 17.0 Å². The number of pyridine rings is 1. The molecule has 0 bridgehead atoms. The molecule has 0 fully saturated rings. The van der Waals surface area contributed by atoms with Gasteiger partial charge in [-0.2, -0.15) is 0 Å². The molecule has 5 aromatic rings. The molecule has 2 aromatic carbocycles. The van der Waals surface area contributed by atoms with E-state index in [1.165, 1.54) is 11.8 Å². The summed E-state index contributed by atoms with van der Waals surface area (Å²) in [5, 5.41) is 1.24. The smallest absolute Gasteiger partial charge is 0.262 e. The fourth-order valence-electron chi connectivity index (χ4n) is 3.47. The van der Waals surface area contributed by atoms with E-state index in [1.807, 2.05) is 73.7 Å². The molecule has 0 unspecified atom stereocenters.